The van der Waals surface area contributed by atoms with Gasteiger partial charge in [-0.05, 0) is 32.1 Å². The summed E-state index contributed by atoms with van der Waals surface area (Å²) >= 11 is 0. The van der Waals surface area contributed by atoms with Crippen molar-refractivity contribution in [3.8, 4) is 0 Å². The second kappa shape index (κ2) is 14.3. The van der Waals surface area contributed by atoms with Crippen LogP contribution in [0.2, 0.25) is 0 Å². The molecule has 1 aliphatic heterocycles. The number of allylic oxidation sites excluding steroid dienone is 5. The van der Waals surface area contributed by atoms with Crippen LogP contribution in [0, 0.1) is 0 Å². The zero-order valence-electron chi connectivity index (χ0n) is 16.6. The van der Waals surface area contributed by atoms with E-state index in [-0.39, 0.29) is 19.3 Å². The third kappa shape index (κ3) is 10.6. The van der Waals surface area contributed by atoms with Crippen molar-refractivity contribution in [2.24, 2.45) is 0 Å². The number of hydrogen-bond donors (Lipinski definition) is 4. The topological polar surface area (TPSA) is 107 Å². The van der Waals surface area contributed by atoms with E-state index in [2.05, 4.69) is 31.2 Å². The summed E-state index contributed by atoms with van der Waals surface area (Å²) < 4.78 is 5.59. The Hall–Kier alpha value is -1.73. The lowest BCUT2D eigenvalue weighted by Gasteiger charge is -2.17. The van der Waals surface area contributed by atoms with Crippen LogP contribution in [0.25, 0.3) is 0 Å². The van der Waals surface area contributed by atoms with Crippen molar-refractivity contribution in [3.63, 3.8) is 0 Å². The summed E-state index contributed by atoms with van der Waals surface area (Å²) in [5, 5.41) is 38.7. The number of carbonyl (C=O) groups is 1. The van der Waals surface area contributed by atoms with Crippen LogP contribution in [-0.2, 0) is 9.53 Å². The summed E-state index contributed by atoms with van der Waals surface area (Å²) in [6.07, 6.45) is 15.4. The Kier molecular flexibility index (Phi) is 12.4. The van der Waals surface area contributed by atoms with Crippen molar-refractivity contribution in [1.29, 1.82) is 0 Å². The summed E-state index contributed by atoms with van der Waals surface area (Å²) in [4.78, 5) is 10.6. The molecule has 0 saturated carbocycles. The Balaban J connectivity index is 2.29. The van der Waals surface area contributed by atoms with Crippen LogP contribution in [0.1, 0.15) is 51.9 Å². The summed E-state index contributed by atoms with van der Waals surface area (Å²) in [5.74, 6) is -0.978. The Morgan fingerprint density at radius 3 is 2.39 bits per heavy atom. The molecule has 6 heteroatoms. The third-order valence-electron chi connectivity index (χ3n) is 4.45. The molecule has 0 aromatic carbocycles. The van der Waals surface area contributed by atoms with Gasteiger partial charge in [0.15, 0.2) is 0 Å². The fraction of sp³-hybridized carbons (Fsp3) is 0.591. The maximum absolute atomic E-state index is 10.6. The maximum atomic E-state index is 10.6. The van der Waals surface area contributed by atoms with Gasteiger partial charge in [0.05, 0.1) is 24.4 Å². The predicted octanol–water partition coefficient (Wildman–Crippen LogP) is 2.90. The molecule has 1 rings (SSSR count). The Morgan fingerprint density at radius 1 is 1.11 bits per heavy atom. The van der Waals surface area contributed by atoms with Crippen molar-refractivity contribution in [1.82, 2.24) is 0 Å². The van der Waals surface area contributed by atoms with Crippen molar-refractivity contribution >= 4 is 5.97 Å². The number of carboxylic acids is 1. The molecule has 0 aliphatic carbocycles. The van der Waals surface area contributed by atoms with Gasteiger partial charge in [0, 0.05) is 12.8 Å². The number of hydrogen-bond acceptors (Lipinski definition) is 5. The quantitative estimate of drug-likeness (QED) is 0.358. The van der Waals surface area contributed by atoms with E-state index in [1.165, 1.54) is 0 Å². The number of ether oxygens (including phenoxy) is 1. The SMILES string of the molecule is CC/C=C\C/C=C\C/C=C\CC(O)/C=C/C1OC(C(O)CCC(=O)O)CC1O. The molecule has 0 spiro atoms. The van der Waals surface area contributed by atoms with Gasteiger partial charge in [0.1, 0.15) is 6.10 Å². The first-order valence-corrected chi connectivity index (χ1v) is 9.98. The maximum Gasteiger partial charge on any atom is 0.303 e. The fourth-order valence-electron chi connectivity index (χ4n) is 2.86. The summed E-state index contributed by atoms with van der Waals surface area (Å²) in [6.45, 7) is 2.10. The molecule has 0 aromatic rings. The van der Waals surface area contributed by atoms with Gasteiger partial charge in [-0.25, -0.2) is 0 Å². The van der Waals surface area contributed by atoms with Crippen LogP contribution >= 0.6 is 0 Å². The normalized spacial score (nSPS) is 25.5. The molecule has 1 fully saturated rings. The van der Waals surface area contributed by atoms with Crippen molar-refractivity contribution in [2.75, 3.05) is 0 Å². The fourth-order valence-corrected chi connectivity index (χ4v) is 2.86. The molecule has 0 amide bonds. The number of aliphatic hydroxyl groups is 3. The van der Waals surface area contributed by atoms with E-state index < -0.39 is 36.5 Å². The molecule has 158 valence electrons. The largest absolute Gasteiger partial charge is 0.481 e. The molecule has 1 heterocycles. The first-order chi connectivity index (χ1) is 13.4. The Morgan fingerprint density at radius 2 is 1.75 bits per heavy atom. The van der Waals surface area contributed by atoms with Gasteiger partial charge in [-0.1, -0.05) is 55.5 Å². The highest BCUT2D eigenvalue weighted by Gasteiger charge is 2.36. The number of rotatable bonds is 13. The van der Waals surface area contributed by atoms with Crippen LogP contribution in [-0.4, -0.2) is 56.9 Å². The average Bonchev–Trinajstić information content (AvgIpc) is 3.04. The first kappa shape index (κ1) is 24.3. The van der Waals surface area contributed by atoms with Gasteiger partial charge in [-0.2, -0.15) is 0 Å². The monoisotopic (exact) mass is 394 g/mol. The van der Waals surface area contributed by atoms with Gasteiger partial charge in [-0.15, -0.1) is 0 Å². The zero-order valence-corrected chi connectivity index (χ0v) is 16.6. The zero-order chi connectivity index (χ0) is 20.8. The Labute approximate surface area is 167 Å². The summed E-state index contributed by atoms with van der Waals surface area (Å²) in [6, 6.07) is 0. The minimum absolute atomic E-state index is 0.0832. The van der Waals surface area contributed by atoms with E-state index >= 15 is 0 Å². The lowest BCUT2D eigenvalue weighted by molar-refractivity contribution is -0.138. The van der Waals surface area contributed by atoms with Gasteiger partial charge < -0.3 is 25.2 Å². The molecular weight excluding hydrogens is 360 g/mol. The Bertz CT molecular complexity index is 551. The standard InChI is InChI=1S/C22H34O6/c1-2-3-4-5-6-7-8-9-10-11-17(23)12-14-20-19(25)16-21(28-20)18(24)13-15-22(26)27/h3-4,6-7,9-10,12,14,17-21,23-25H,2,5,8,11,13,15-16H2,1H3,(H,26,27)/b4-3-,7-6-,10-9-,14-12+. The van der Waals surface area contributed by atoms with E-state index in [0.717, 1.165) is 19.3 Å². The minimum atomic E-state index is -0.978. The highest BCUT2D eigenvalue weighted by Crippen LogP contribution is 2.25. The third-order valence-corrected chi connectivity index (χ3v) is 4.45. The van der Waals surface area contributed by atoms with Crippen LogP contribution in [0.5, 0.6) is 0 Å². The molecule has 0 bridgehead atoms. The van der Waals surface area contributed by atoms with E-state index in [9.17, 15) is 20.1 Å². The molecule has 0 radical (unpaired) electrons. The lowest BCUT2D eigenvalue weighted by Crippen LogP contribution is -2.26. The predicted molar refractivity (Wildman–Crippen MR) is 109 cm³/mol. The highest BCUT2D eigenvalue weighted by atomic mass is 16.5. The van der Waals surface area contributed by atoms with Crippen LogP contribution in [0.3, 0.4) is 0 Å². The van der Waals surface area contributed by atoms with E-state index in [1.807, 2.05) is 12.2 Å². The van der Waals surface area contributed by atoms with Gasteiger partial charge in [0.2, 0.25) is 0 Å². The number of aliphatic hydroxyl groups excluding tert-OH is 3. The number of carboxylic acid groups (broad SMARTS) is 1. The van der Waals surface area contributed by atoms with Crippen molar-refractivity contribution in [3.05, 3.63) is 48.6 Å². The number of aliphatic carboxylic acids is 1. The second-order valence-electron chi connectivity index (χ2n) is 6.92. The van der Waals surface area contributed by atoms with Gasteiger partial charge in [-0.3, -0.25) is 4.79 Å². The van der Waals surface area contributed by atoms with E-state index in [4.69, 9.17) is 9.84 Å². The average molecular weight is 395 g/mol. The highest BCUT2D eigenvalue weighted by molar-refractivity contribution is 5.66. The molecule has 4 N–H and O–H groups in total. The molecule has 0 aromatic heterocycles. The smallest absolute Gasteiger partial charge is 0.303 e. The molecule has 28 heavy (non-hydrogen) atoms. The van der Waals surface area contributed by atoms with Crippen LogP contribution in [0.4, 0.5) is 0 Å². The second-order valence-corrected chi connectivity index (χ2v) is 6.92. The van der Waals surface area contributed by atoms with Crippen LogP contribution in [0.15, 0.2) is 48.6 Å². The van der Waals surface area contributed by atoms with E-state index in [1.54, 1.807) is 12.2 Å². The lowest BCUT2D eigenvalue weighted by atomic mass is 10.0. The van der Waals surface area contributed by atoms with Crippen molar-refractivity contribution in [2.45, 2.75) is 82.4 Å². The molecule has 5 unspecified atom stereocenters. The molecule has 6 nitrogen and oxygen atoms in total. The summed E-state index contributed by atoms with van der Waals surface area (Å²) in [7, 11) is 0. The van der Waals surface area contributed by atoms with E-state index in [0.29, 0.717) is 6.42 Å². The van der Waals surface area contributed by atoms with Crippen LogP contribution < -0.4 is 0 Å². The molecular formula is C22H34O6. The molecule has 1 saturated heterocycles. The molecule has 5 atom stereocenters. The first-order valence-electron chi connectivity index (χ1n) is 9.98. The van der Waals surface area contributed by atoms with Gasteiger partial charge >= 0.3 is 5.97 Å². The van der Waals surface area contributed by atoms with Gasteiger partial charge in [0.25, 0.3) is 0 Å². The summed E-state index contributed by atoms with van der Waals surface area (Å²) in [5.41, 5.74) is 0. The van der Waals surface area contributed by atoms with Crippen molar-refractivity contribution < 1.29 is 30.0 Å². The minimum Gasteiger partial charge on any atom is -0.481 e. The molecule has 1 aliphatic rings.